The van der Waals surface area contributed by atoms with E-state index in [9.17, 15) is 9.59 Å². The minimum atomic E-state index is -0.638. The molecular weight excluding hydrogens is 350 g/mol. The number of aromatic nitrogens is 3. The Hall–Kier alpha value is -3.10. The van der Waals surface area contributed by atoms with Gasteiger partial charge in [-0.05, 0) is 26.0 Å². The van der Waals surface area contributed by atoms with E-state index in [1.54, 1.807) is 30.1 Å². The van der Waals surface area contributed by atoms with Crippen molar-refractivity contribution >= 4 is 11.9 Å². The molecule has 1 aliphatic heterocycles. The van der Waals surface area contributed by atoms with Crippen LogP contribution in [0.5, 0.6) is 11.5 Å². The highest BCUT2D eigenvalue weighted by Crippen LogP contribution is 2.25. The number of hydrogen-bond acceptors (Lipinski definition) is 6. The van der Waals surface area contributed by atoms with E-state index in [-0.39, 0.29) is 25.1 Å². The van der Waals surface area contributed by atoms with Crippen LogP contribution in [0.25, 0.3) is 0 Å². The minimum absolute atomic E-state index is 0.151. The second-order valence-electron chi connectivity index (χ2n) is 6.48. The van der Waals surface area contributed by atoms with Crippen molar-refractivity contribution in [2.45, 2.75) is 32.4 Å². The number of ether oxygens (including phenoxy) is 2. The van der Waals surface area contributed by atoms with Gasteiger partial charge in [0.1, 0.15) is 12.6 Å². The highest BCUT2D eigenvalue weighted by molar-refractivity contribution is 6.04. The quantitative estimate of drug-likeness (QED) is 0.703. The Morgan fingerprint density at radius 2 is 1.96 bits per heavy atom. The van der Waals surface area contributed by atoms with Crippen LogP contribution in [0.4, 0.5) is 4.79 Å². The Morgan fingerprint density at radius 1 is 1.22 bits per heavy atom. The molecule has 1 aromatic heterocycles. The zero-order valence-corrected chi connectivity index (χ0v) is 15.6. The molecule has 2 aromatic rings. The number of urea groups is 1. The fraction of sp³-hybridized carbons (Fsp3) is 0.444. The smallest absolute Gasteiger partial charge is 0.324 e. The predicted molar refractivity (Wildman–Crippen MR) is 96.6 cm³/mol. The van der Waals surface area contributed by atoms with Crippen LogP contribution in [0, 0.1) is 0 Å². The number of benzene rings is 1. The van der Waals surface area contributed by atoms with Gasteiger partial charge in [0.15, 0.2) is 11.5 Å². The van der Waals surface area contributed by atoms with Gasteiger partial charge in [0, 0.05) is 18.7 Å². The monoisotopic (exact) mass is 373 g/mol. The Balaban J connectivity index is 1.55. The third-order valence-corrected chi connectivity index (χ3v) is 4.25. The maximum atomic E-state index is 12.5. The Morgan fingerprint density at radius 3 is 2.63 bits per heavy atom. The first-order chi connectivity index (χ1) is 13.0. The Kier molecular flexibility index (Phi) is 5.58. The Labute approximate surface area is 157 Å². The molecule has 1 saturated heterocycles. The normalized spacial score (nSPS) is 16.7. The molecule has 0 saturated carbocycles. The van der Waals surface area contributed by atoms with Gasteiger partial charge >= 0.3 is 6.03 Å². The molecule has 3 amide bonds. The van der Waals surface area contributed by atoms with Crippen molar-refractivity contribution in [1.29, 1.82) is 0 Å². The maximum absolute atomic E-state index is 12.5. The summed E-state index contributed by atoms with van der Waals surface area (Å²) in [4.78, 5) is 25.8. The number of nitrogens with one attached hydrogen (secondary N) is 1. The molecule has 0 aliphatic carbocycles. The average molecular weight is 373 g/mol. The molecule has 1 aliphatic rings. The van der Waals surface area contributed by atoms with Crippen molar-refractivity contribution in [3.05, 3.63) is 36.2 Å². The lowest BCUT2D eigenvalue weighted by molar-refractivity contribution is -0.127. The van der Waals surface area contributed by atoms with E-state index in [2.05, 4.69) is 15.6 Å². The molecule has 3 rings (SSSR count). The van der Waals surface area contributed by atoms with Crippen molar-refractivity contribution in [2.75, 3.05) is 20.3 Å². The minimum Gasteiger partial charge on any atom is -0.493 e. The van der Waals surface area contributed by atoms with Gasteiger partial charge in [0.25, 0.3) is 5.91 Å². The number of carbonyl (C=O) groups excluding carboxylic acids is 2. The standard InChI is InChI=1S/C18H23N5O4/c1-12(2)23-11-13(20-21-23)10-14-17(24)22(18(25)19-14)8-9-27-16-7-5-4-6-15(16)26-3/h4-7,11-12,14H,8-10H2,1-3H3,(H,19,25). The fourth-order valence-corrected chi connectivity index (χ4v) is 2.78. The molecule has 2 heterocycles. The van der Waals surface area contributed by atoms with Crippen LogP contribution in [0.15, 0.2) is 30.5 Å². The van der Waals surface area contributed by atoms with Crippen molar-refractivity contribution in [3.63, 3.8) is 0 Å². The van der Waals surface area contributed by atoms with Gasteiger partial charge in [-0.3, -0.25) is 9.69 Å². The lowest BCUT2D eigenvalue weighted by atomic mass is 10.1. The fourth-order valence-electron chi connectivity index (χ4n) is 2.78. The molecule has 27 heavy (non-hydrogen) atoms. The molecular formula is C18H23N5O4. The number of carbonyl (C=O) groups is 2. The summed E-state index contributed by atoms with van der Waals surface area (Å²) in [5.41, 5.74) is 0.662. The molecule has 1 fully saturated rings. The van der Waals surface area contributed by atoms with E-state index in [0.29, 0.717) is 23.6 Å². The lowest BCUT2D eigenvalue weighted by Gasteiger charge is -2.15. The van der Waals surface area contributed by atoms with Crippen LogP contribution in [0.2, 0.25) is 0 Å². The van der Waals surface area contributed by atoms with E-state index >= 15 is 0 Å². The van der Waals surface area contributed by atoms with Gasteiger partial charge in [-0.15, -0.1) is 5.10 Å². The highest BCUT2D eigenvalue weighted by Gasteiger charge is 2.38. The summed E-state index contributed by atoms with van der Waals surface area (Å²) < 4.78 is 12.6. The third-order valence-electron chi connectivity index (χ3n) is 4.25. The maximum Gasteiger partial charge on any atom is 0.324 e. The average Bonchev–Trinajstić information content (AvgIpc) is 3.22. The van der Waals surface area contributed by atoms with Gasteiger partial charge in [-0.25, -0.2) is 9.48 Å². The molecule has 9 heteroatoms. The highest BCUT2D eigenvalue weighted by atomic mass is 16.5. The largest absolute Gasteiger partial charge is 0.493 e. The first kappa shape index (κ1) is 18.7. The van der Waals surface area contributed by atoms with Crippen LogP contribution < -0.4 is 14.8 Å². The molecule has 1 unspecified atom stereocenters. The van der Waals surface area contributed by atoms with E-state index in [4.69, 9.17) is 9.47 Å². The van der Waals surface area contributed by atoms with Crippen LogP contribution in [-0.2, 0) is 11.2 Å². The lowest BCUT2D eigenvalue weighted by Crippen LogP contribution is -2.35. The number of hydrogen-bond donors (Lipinski definition) is 1. The van der Waals surface area contributed by atoms with Crippen molar-refractivity contribution in [1.82, 2.24) is 25.2 Å². The number of methoxy groups -OCH3 is 1. The zero-order valence-electron chi connectivity index (χ0n) is 15.6. The summed E-state index contributed by atoms with van der Waals surface area (Å²) in [5.74, 6) is 0.873. The first-order valence-electron chi connectivity index (χ1n) is 8.78. The Bertz CT molecular complexity index is 820. The number of para-hydroxylation sites is 2. The van der Waals surface area contributed by atoms with E-state index in [1.807, 2.05) is 26.0 Å². The van der Waals surface area contributed by atoms with Gasteiger partial charge in [-0.1, -0.05) is 17.3 Å². The number of imide groups is 1. The summed E-state index contributed by atoms with van der Waals surface area (Å²) in [6.45, 7) is 4.31. The topological polar surface area (TPSA) is 98.6 Å². The molecule has 0 bridgehead atoms. The second-order valence-corrected chi connectivity index (χ2v) is 6.48. The second kappa shape index (κ2) is 8.07. The van der Waals surface area contributed by atoms with Crippen LogP contribution in [0.1, 0.15) is 25.6 Å². The predicted octanol–water partition coefficient (Wildman–Crippen LogP) is 1.41. The number of nitrogens with zero attached hydrogens (tertiary/aromatic N) is 4. The summed E-state index contributed by atoms with van der Waals surface area (Å²) in [6, 6.07) is 6.33. The van der Waals surface area contributed by atoms with Crippen LogP contribution in [0.3, 0.4) is 0 Å². The number of amides is 3. The van der Waals surface area contributed by atoms with Gasteiger partial charge in [0.2, 0.25) is 0 Å². The summed E-state index contributed by atoms with van der Waals surface area (Å²) >= 11 is 0. The molecule has 1 aromatic carbocycles. The molecule has 144 valence electrons. The van der Waals surface area contributed by atoms with E-state index in [1.165, 1.54) is 0 Å². The molecule has 1 atom stereocenters. The van der Waals surface area contributed by atoms with E-state index in [0.717, 1.165) is 4.90 Å². The van der Waals surface area contributed by atoms with Crippen LogP contribution in [-0.4, -0.2) is 58.1 Å². The zero-order chi connectivity index (χ0) is 19.4. The molecule has 0 radical (unpaired) electrons. The molecule has 0 spiro atoms. The summed E-state index contributed by atoms with van der Waals surface area (Å²) in [7, 11) is 1.56. The molecule has 9 nitrogen and oxygen atoms in total. The van der Waals surface area contributed by atoms with E-state index < -0.39 is 12.1 Å². The van der Waals surface area contributed by atoms with Crippen LogP contribution >= 0.6 is 0 Å². The third kappa shape index (κ3) is 4.18. The SMILES string of the molecule is COc1ccccc1OCCN1C(=O)NC(Cc2cn(C(C)C)nn2)C1=O. The molecule has 1 N–H and O–H groups in total. The number of rotatable bonds is 8. The van der Waals surface area contributed by atoms with Gasteiger partial charge < -0.3 is 14.8 Å². The van der Waals surface area contributed by atoms with Gasteiger partial charge in [-0.2, -0.15) is 0 Å². The van der Waals surface area contributed by atoms with Crippen molar-refractivity contribution in [3.8, 4) is 11.5 Å². The summed E-state index contributed by atoms with van der Waals surface area (Å²) in [5, 5.41) is 10.8. The van der Waals surface area contributed by atoms with Gasteiger partial charge in [0.05, 0.1) is 19.3 Å². The first-order valence-corrected chi connectivity index (χ1v) is 8.78. The summed E-state index contributed by atoms with van der Waals surface area (Å²) in [6.07, 6.45) is 2.10. The van der Waals surface area contributed by atoms with Crippen molar-refractivity contribution in [2.24, 2.45) is 0 Å². The van der Waals surface area contributed by atoms with Crippen molar-refractivity contribution < 1.29 is 19.1 Å².